The average Bonchev–Trinajstić information content (AvgIpc) is 1.86. The summed E-state index contributed by atoms with van der Waals surface area (Å²) in [7, 11) is 0.975. The Morgan fingerprint density at radius 3 is 1.80 bits per heavy atom. The first-order valence-corrected chi connectivity index (χ1v) is 11.2. The van der Waals surface area contributed by atoms with E-state index in [-0.39, 0.29) is 0 Å². The quantitative estimate of drug-likeness (QED) is 0.590. The van der Waals surface area contributed by atoms with E-state index < -0.39 is 16.1 Å². The minimum atomic E-state index is -0.912. The third kappa shape index (κ3) is 2.21. The van der Waals surface area contributed by atoms with Crippen molar-refractivity contribution < 1.29 is 0 Å². The fraction of sp³-hybridized carbons (Fsp3) is 1.00. The van der Waals surface area contributed by atoms with E-state index in [9.17, 15) is 0 Å². The Kier molecular flexibility index (Phi) is 3.83. The second-order valence-corrected chi connectivity index (χ2v) is 17.9. The Balaban J connectivity index is 4.09. The molecule has 0 unspecified atom stereocenters. The fourth-order valence-corrected chi connectivity index (χ4v) is 5.74. The molecule has 0 aromatic heterocycles. The molecule has 0 N–H and O–H groups in total. The van der Waals surface area contributed by atoms with Crippen molar-refractivity contribution in [1.82, 2.24) is 4.57 Å². The van der Waals surface area contributed by atoms with Crippen LogP contribution in [-0.4, -0.2) is 34.2 Å². The van der Waals surface area contributed by atoms with Gasteiger partial charge in [-0.3, -0.25) is 0 Å². The summed E-state index contributed by atoms with van der Waals surface area (Å²) in [4.78, 5) is 0. The zero-order chi connectivity index (χ0) is 8.36. The maximum atomic E-state index is 2.59. The van der Waals surface area contributed by atoms with Gasteiger partial charge in [-0.15, -0.1) is 0 Å². The first kappa shape index (κ1) is 10.4. The molecule has 0 saturated carbocycles. The second kappa shape index (κ2) is 3.69. The van der Waals surface area contributed by atoms with Gasteiger partial charge in [-0.05, 0) is 13.6 Å². The number of hydrogen-bond acceptors (Lipinski definition) is 1. The van der Waals surface area contributed by atoms with Crippen LogP contribution in [0.3, 0.4) is 0 Å². The van der Waals surface area contributed by atoms with Crippen molar-refractivity contribution in [3.63, 3.8) is 0 Å². The molecule has 0 fully saturated rings. The molecule has 3 heteroatoms. The summed E-state index contributed by atoms with van der Waals surface area (Å²) >= 11 is 0. The van der Waals surface area contributed by atoms with Gasteiger partial charge in [0.15, 0.2) is 0 Å². The monoisotopic (exact) mass is 175 g/mol. The van der Waals surface area contributed by atoms with Crippen LogP contribution in [0.4, 0.5) is 0 Å². The molecule has 0 aromatic rings. The molecule has 10 heavy (non-hydrogen) atoms. The molecule has 62 valence electrons. The molecule has 0 saturated heterocycles. The van der Waals surface area contributed by atoms with Crippen LogP contribution in [0.1, 0.15) is 6.92 Å². The third-order valence-electron chi connectivity index (χ3n) is 2.87. The summed E-state index contributed by atoms with van der Waals surface area (Å²) in [5.74, 6) is 0. The van der Waals surface area contributed by atoms with Crippen molar-refractivity contribution in [2.24, 2.45) is 0 Å². The lowest BCUT2D eigenvalue weighted by Gasteiger charge is -2.35. The normalized spacial score (nSPS) is 13.2. The van der Waals surface area contributed by atoms with Crippen LogP contribution in [0.2, 0.25) is 26.2 Å². The molecule has 0 radical (unpaired) electrons. The lowest BCUT2D eigenvalue weighted by molar-refractivity contribution is 0.548. The predicted octanol–water partition coefficient (Wildman–Crippen LogP) is 1.71. The van der Waals surface area contributed by atoms with Crippen LogP contribution in [0.25, 0.3) is 0 Å². The highest BCUT2D eigenvalue weighted by molar-refractivity contribution is 7.30. The molecule has 0 aromatic carbocycles. The van der Waals surface area contributed by atoms with E-state index in [4.69, 9.17) is 0 Å². The molecule has 0 bridgehead atoms. The van der Waals surface area contributed by atoms with Crippen LogP contribution in [0, 0.1) is 0 Å². The average molecular weight is 175 g/mol. The Morgan fingerprint density at radius 2 is 1.70 bits per heavy atom. The maximum Gasteiger partial charge on any atom is 0.108 e. The Bertz CT molecular complexity index is 102. The molecule has 1 nitrogen and oxygen atoms in total. The first-order chi connectivity index (χ1) is 4.42. The van der Waals surface area contributed by atoms with Gasteiger partial charge in [0.25, 0.3) is 0 Å². The molecular weight excluding hydrogens is 154 g/mol. The van der Waals surface area contributed by atoms with Crippen LogP contribution >= 0.6 is 0 Å². The third-order valence-corrected chi connectivity index (χ3v) is 17.8. The van der Waals surface area contributed by atoms with E-state index in [2.05, 4.69) is 44.7 Å². The highest BCUT2D eigenvalue weighted by Gasteiger charge is 2.29. The van der Waals surface area contributed by atoms with Crippen LogP contribution in [0.15, 0.2) is 0 Å². The van der Waals surface area contributed by atoms with Gasteiger partial charge in [0.05, 0.1) is 0 Å². The van der Waals surface area contributed by atoms with Gasteiger partial charge in [-0.1, -0.05) is 33.1 Å². The van der Waals surface area contributed by atoms with Crippen molar-refractivity contribution in [3.8, 4) is 0 Å². The van der Waals surface area contributed by atoms with Gasteiger partial charge in [-0.25, -0.2) is 0 Å². The SMILES string of the molecule is CCN(C)[Si](C)(C)[SiH](C)C. The Morgan fingerprint density at radius 1 is 1.30 bits per heavy atom. The first-order valence-electron chi connectivity index (χ1n) is 4.14. The molecule has 0 aliphatic carbocycles. The summed E-state index contributed by atoms with van der Waals surface area (Å²) in [6, 6.07) is 0. The maximum absolute atomic E-state index is 2.59. The van der Waals surface area contributed by atoms with Crippen molar-refractivity contribution in [2.45, 2.75) is 33.1 Å². The van der Waals surface area contributed by atoms with Gasteiger partial charge >= 0.3 is 0 Å². The molecule has 0 aliphatic heterocycles. The molecule has 0 atom stereocenters. The lowest BCUT2D eigenvalue weighted by Crippen LogP contribution is -2.55. The smallest absolute Gasteiger partial charge is 0.108 e. The van der Waals surface area contributed by atoms with Crippen molar-refractivity contribution in [3.05, 3.63) is 0 Å². The number of rotatable bonds is 3. The summed E-state index contributed by atoms with van der Waals surface area (Å²) in [5.41, 5.74) is 0. The highest BCUT2D eigenvalue weighted by atomic mass is 29.2. The predicted molar refractivity (Wildman–Crippen MR) is 54.7 cm³/mol. The summed E-state index contributed by atoms with van der Waals surface area (Å²) < 4.78 is 2.59. The van der Waals surface area contributed by atoms with E-state index in [1.807, 2.05) is 0 Å². The number of hydrogen-bond donors (Lipinski definition) is 0. The molecule has 0 spiro atoms. The van der Waals surface area contributed by atoms with Crippen LogP contribution in [-0.2, 0) is 0 Å². The Labute approximate surface area is 67.9 Å². The largest absolute Gasteiger partial charge is 0.329 e. The van der Waals surface area contributed by atoms with Gasteiger partial charge < -0.3 is 4.57 Å². The van der Waals surface area contributed by atoms with E-state index in [1.54, 1.807) is 0 Å². The van der Waals surface area contributed by atoms with Crippen LogP contribution < -0.4 is 0 Å². The minimum Gasteiger partial charge on any atom is -0.329 e. The molecule has 0 rings (SSSR count). The lowest BCUT2D eigenvalue weighted by atomic mass is 10.8. The topological polar surface area (TPSA) is 3.24 Å². The zero-order valence-corrected chi connectivity index (χ0v) is 10.4. The standard InChI is InChI=1S/C7H21NSi2/c1-7-8(2)10(5,6)9(3)4/h9H,7H2,1-6H3. The van der Waals surface area contributed by atoms with Crippen molar-refractivity contribution in [2.75, 3.05) is 13.6 Å². The highest BCUT2D eigenvalue weighted by Crippen LogP contribution is 2.10. The van der Waals surface area contributed by atoms with Crippen LogP contribution in [0.5, 0.6) is 0 Å². The molecule has 0 aliphatic rings. The number of nitrogens with zero attached hydrogens (tertiary/aromatic N) is 1. The molecule has 0 amide bonds. The fourth-order valence-electron chi connectivity index (χ4n) is 0.848. The van der Waals surface area contributed by atoms with Gasteiger partial charge in [0.1, 0.15) is 7.75 Å². The van der Waals surface area contributed by atoms with Gasteiger partial charge in [-0.2, -0.15) is 0 Å². The minimum absolute atomic E-state index is 0.390. The van der Waals surface area contributed by atoms with Crippen molar-refractivity contribution in [1.29, 1.82) is 0 Å². The Hall–Kier alpha value is 0.394. The van der Waals surface area contributed by atoms with Gasteiger partial charge in [0, 0.05) is 8.31 Å². The summed E-state index contributed by atoms with van der Waals surface area (Å²) in [5, 5.41) is 0. The summed E-state index contributed by atoms with van der Waals surface area (Å²) in [6.07, 6.45) is 0. The van der Waals surface area contributed by atoms with E-state index in [0.717, 1.165) is 0 Å². The van der Waals surface area contributed by atoms with E-state index >= 15 is 0 Å². The molecular formula is C7H21NSi2. The van der Waals surface area contributed by atoms with Gasteiger partial charge in [0.2, 0.25) is 0 Å². The van der Waals surface area contributed by atoms with E-state index in [1.165, 1.54) is 6.54 Å². The summed E-state index contributed by atoms with van der Waals surface area (Å²) in [6.45, 7) is 13.4. The van der Waals surface area contributed by atoms with Crippen molar-refractivity contribution >= 4 is 16.1 Å². The molecule has 0 heterocycles. The zero-order valence-electron chi connectivity index (χ0n) is 8.23. The van der Waals surface area contributed by atoms with E-state index in [0.29, 0.717) is 0 Å². The second-order valence-electron chi connectivity index (χ2n) is 3.82.